The first-order valence-corrected chi connectivity index (χ1v) is 7.32. The summed E-state index contributed by atoms with van der Waals surface area (Å²) in [6, 6.07) is 3.27. The lowest BCUT2D eigenvalue weighted by Gasteiger charge is -2.44. The maximum atomic E-state index is 9.00. The minimum Gasteiger partial charge on any atom is -0.379 e. The quantitative estimate of drug-likeness (QED) is 0.729. The summed E-state index contributed by atoms with van der Waals surface area (Å²) in [6.07, 6.45) is 0.637. The molecule has 0 aliphatic carbocycles. The van der Waals surface area contributed by atoms with Crippen LogP contribution < -0.4 is 0 Å². The SMILES string of the molecule is CC1CN(C)CC(CC#N)N1CCN1CCOCC1. The highest BCUT2D eigenvalue weighted by molar-refractivity contribution is 4.91. The third-order valence-corrected chi connectivity index (χ3v) is 4.24. The number of nitrogens with zero attached hydrogens (tertiary/aromatic N) is 4. The van der Waals surface area contributed by atoms with Crippen LogP contribution in [0.15, 0.2) is 0 Å². The zero-order valence-corrected chi connectivity index (χ0v) is 12.2. The molecular formula is C14H26N4O. The van der Waals surface area contributed by atoms with E-state index >= 15 is 0 Å². The van der Waals surface area contributed by atoms with Gasteiger partial charge in [-0.3, -0.25) is 9.80 Å². The molecule has 0 aromatic carbocycles. The van der Waals surface area contributed by atoms with Gasteiger partial charge in [-0.2, -0.15) is 5.26 Å². The average molecular weight is 266 g/mol. The molecule has 0 saturated carbocycles. The molecule has 0 N–H and O–H groups in total. The lowest BCUT2D eigenvalue weighted by atomic mass is 10.0. The molecule has 0 aromatic rings. The number of hydrogen-bond acceptors (Lipinski definition) is 5. The normalized spacial score (nSPS) is 31.2. The zero-order valence-electron chi connectivity index (χ0n) is 12.2. The van der Waals surface area contributed by atoms with E-state index in [0.29, 0.717) is 18.5 Å². The van der Waals surface area contributed by atoms with E-state index in [-0.39, 0.29) is 0 Å². The Labute approximate surface area is 116 Å². The Morgan fingerprint density at radius 3 is 2.63 bits per heavy atom. The highest BCUT2D eigenvalue weighted by Gasteiger charge is 2.30. The molecule has 2 aliphatic heterocycles. The highest BCUT2D eigenvalue weighted by atomic mass is 16.5. The van der Waals surface area contributed by atoms with Gasteiger partial charge in [0.2, 0.25) is 0 Å². The van der Waals surface area contributed by atoms with Crippen molar-refractivity contribution in [3.63, 3.8) is 0 Å². The molecule has 5 nitrogen and oxygen atoms in total. The number of rotatable bonds is 4. The van der Waals surface area contributed by atoms with Gasteiger partial charge in [0.05, 0.1) is 25.7 Å². The van der Waals surface area contributed by atoms with Gasteiger partial charge in [-0.05, 0) is 14.0 Å². The van der Waals surface area contributed by atoms with Crippen LogP contribution in [0.2, 0.25) is 0 Å². The third-order valence-electron chi connectivity index (χ3n) is 4.24. The van der Waals surface area contributed by atoms with Crippen molar-refractivity contribution in [2.75, 3.05) is 59.5 Å². The first-order chi connectivity index (χ1) is 9.20. The van der Waals surface area contributed by atoms with Crippen molar-refractivity contribution in [1.29, 1.82) is 5.26 Å². The zero-order chi connectivity index (χ0) is 13.7. The maximum Gasteiger partial charge on any atom is 0.0638 e. The first-order valence-electron chi connectivity index (χ1n) is 7.32. The number of likely N-dealkylation sites (N-methyl/N-ethyl adjacent to an activating group) is 1. The first kappa shape index (κ1) is 14.7. The van der Waals surface area contributed by atoms with Crippen molar-refractivity contribution in [2.45, 2.75) is 25.4 Å². The van der Waals surface area contributed by atoms with Crippen LogP contribution in [-0.2, 0) is 4.74 Å². The molecule has 0 bridgehead atoms. The van der Waals surface area contributed by atoms with Crippen molar-refractivity contribution < 1.29 is 4.74 Å². The summed E-state index contributed by atoms with van der Waals surface area (Å²) >= 11 is 0. The molecule has 5 heteroatoms. The molecule has 2 rings (SSSR count). The van der Waals surface area contributed by atoms with Gasteiger partial charge in [0, 0.05) is 51.4 Å². The van der Waals surface area contributed by atoms with E-state index in [1.807, 2.05) is 0 Å². The van der Waals surface area contributed by atoms with E-state index < -0.39 is 0 Å². The van der Waals surface area contributed by atoms with E-state index in [0.717, 1.165) is 52.5 Å². The predicted molar refractivity (Wildman–Crippen MR) is 74.9 cm³/mol. The van der Waals surface area contributed by atoms with E-state index in [2.05, 4.69) is 34.7 Å². The van der Waals surface area contributed by atoms with Gasteiger partial charge < -0.3 is 9.64 Å². The Morgan fingerprint density at radius 1 is 1.21 bits per heavy atom. The third kappa shape index (κ3) is 4.15. The van der Waals surface area contributed by atoms with Gasteiger partial charge in [-0.15, -0.1) is 0 Å². The molecule has 2 atom stereocenters. The second-order valence-corrected chi connectivity index (χ2v) is 5.78. The number of ether oxygens (including phenoxy) is 1. The summed E-state index contributed by atoms with van der Waals surface area (Å²) in [5.74, 6) is 0. The number of morpholine rings is 1. The molecular weight excluding hydrogens is 240 g/mol. The summed E-state index contributed by atoms with van der Waals surface area (Å²) in [5, 5.41) is 9.00. The van der Waals surface area contributed by atoms with Gasteiger partial charge in [0.15, 0.2) is 0 Å². The van der Waals surface area contributed by atoms with Gasteiger partial charge in [-0.1, -0.05) is 0 Å². The number of hydrogen-bond donors (Lipinski definition) is 0. The van der Waals surface area contributed by atoms with E-state index in [1.54, 1.807) is 0 Å². The van der Waals surface area contributed by atoms with E-state index in [4.69, 9.17) is 10.00 Å². The summed E-state index contributed by atoms with van der Waals surface area (Å²) in [6.45, 7) is 10.4. The highest BCUT2D eigenvalue weighted by Crippen LogP contribution is 2.17. The molecule has 0 amide bonds. The molecule has 2 heterocycles. The molecule has 0 radical (unpaired) electrons. The standard InChI is InChI=1S/C14H26N4O/c1-13-11-16(2)12-14(3-4-15)18(13)6-5-17-7-9-19-10-8-17/h13-14H,3,5-12H2,1-2H3. The van der Waals surface area contributed by atoms with Crippen molar-refractivity contribution in [2.24, 2.45) is 0 Å². The Kier molecular flexibility index (Phi) is 5.59. The fourth-order valence-corrected chi connectivity index (χ4v) is 3.23. The molecule has 2 unspecified atom stereocenters. The molecule has 19 heavy (non-hydrogen) atoms. The van der Waals surface area contributed by atoms with Gasteiger partial charge in [0.1, 0.15) is 0 Å². The van der Waals surface area contributed by atoms with Crippen LogP contribution in [-0.4, -0.2) is 86.3 Å². The van der Waals surface area contributed by atoms with Crippen LogP contribution in [0.5, 0.6) is 0 Å². The van der Waals surface area contributed by atoms with Gasteiger partial charge >= 0.3 is 0 Å². The second-order valence-electron chi connectivity index (χ2n) is 5.78. The molecule has 2 fully saturated rings. The Morgan fingerprint density at radius 2 is 1.95 bits per heavy atom. The smallest absolute Gasteiger partial charge is 0.0638 e. The van der Waals surface area contributed by atoms with Crippen molar-refractivity contribution in [3.8, 4) is 6.07 Å². The van der Waals surface area contributed by atoms with Gasteiger partial charge in [-0.25, -0.2) is 0 Å². The number of nitriles is 1. The van der Waals surface area contributed by atoms with Crippen LogP contribution in [0, 0.1) is 11.3 Å². The van der Waals surface area contributed by atoms with Crippen LogP contribution in [0.3, 0.4) is 0 Å². The monoisotopic (exact) mass is 266 g/mol. The lowest BCUT2D eigenvalue weighted by Crippen LogP contribution is -2.58. The maximum absolute atomic E-state index is 9.00. The van der Waals surface area contributed by atoms with Crippen LogP contribution in [0.4, 0.5) is 0 Å². The van der Waals surface area contributed by atoms with Gasteiger partial charge in [0.25, 0.3) is 0 Å². The van der Waals surface area contributed by atoms with Crippen LogP contribution >= 0.6 is 0 Å². The number of piperazine rings is 1. The van der Waals surface area contributed by atoms with Crippen molar-refractivity contribution in [1.82, 2.24) is 14.7 Å². The molecule has 2 saturated heterocycles. The molecule has 0 spiro atoms. The fraction of sp³-hybridized carbons (Fsp3) is 0.929. The topological polar surface area (TPSA) is 42.7 Å². The largest absolute Gasteiger partial charge is 0.379 e. The van der Waals surface area contributed by atoms with Crippen LogP contribution in [0.25, 0.3) is 0 Å². The summed E-state index contributed by atoms with van der Waals surface area (Å²) in [4.78, 5) is 7.34. The summed E-state index contributed by atoms with van der Waals surface area (Å²) < 4.78 is 5.38. The Bertz CT molecular complexity index is 311. The van der Waals surface area contributed by atoms with E-state index in [1.165, 1.54) is 0 Å². The Balaban J connectivity index is 1.85. The second kappa shape index (κ2) is 7.20. The van der Waals surface area contributed by atoms with Crippen molar-refractivity contribution in [3.05, 3.63) is 0 Å². The predicted octanol–water partition coefficient (Wildman–Crippen LogP) is 0.237. The minimum atomic E-state index is 0.389. The average Bonchev–Trinajstić information content (AvgIpc) is 2.39. The van der Waals surface area contributed by atoms with E-state index in [9.17, 15) is 0 Å². The summed E-state index contributed by atoms with van der Waals surface area (Å²) in [5.41, 5.74) is 0. The minimum absolute atomic E-state index is 0.389. The van der Waals surface area contributed by atoms with Crippen molar-refractivity contribution >= 4 is 0 Å². The van der Waals surface area contributed by atoms with Crippen LogP contribution in [0.1, 0.15) is 13.3 Å². The fourth-order valence-electron chi connectivity index (χ4n) is 3.23. The summed E-state index contributed by atoms with van der Waals surface area (Å²) in [7, 11) is 2.15. The lowest BCUT2D eigenvalue weighted by molar-refractivity contribution is 0.0102. The molecule has 2 aliphatic rings. The molecule has 0 aromatic heterocycles. The Hall–Kier alpha value is -0.670. The molecule has 108 valence electrons.